The minimum atomic E-state index is 0.593. The Kier molecular flexibility index (Phi) is 3.62. The fraction of sp³-hybridized carbons (Fsp3) is 0.250. The molecule has 2 aromatic rings. The number of aromatic nitrogens is 1. The lowest BCUT2D eigenvalue weighted by Gasteiger charge is -2.12. The zero-order chi connectivity index (χ0) is 13.9. The van der Waals surface area contributed by atoms with Crippen molar-refractivity contribution in [2.24, 2.45) is 0 Å². The van der Waals surface area contributed by atoms with E-state index in [-0.39, 0.29) is 0 Å². The molecule has 1 aliphatic rings. The molecule has 0 amide bonds. The number of thioether (sulfide) groups is 1. The maximum atomic E-state index is 9.10. The van der Waals surface area contributed by atoms with Gasteiger partial charge in [0.2, 0.25) is 5.88 Å². The van der Waals surface area contributed by atoms with Crippen molar-refractivity contribution in [3.63, 3.8) is 0 Å². The average molecular weight is 282 g/mol. The van der Waals surface area contributed by atoms with Gasteiger partial charge in [-0.15, -0.1) is 0 Å². The average Bonchev–Trinajstić information content (AvgIpc) is 2.97. The van der Waals surface area contributed by atoms with E-state index < -0.39 is 0 Å². The zero-order valence-corrected chi connectivity index (χ0v) is 12.0. The van der Waals surface area contributed by atoms with E-state index in [1.165, 1.54) is 29.3 Å². The second-order valence-corrected chi connectivity index (χ2v) is 5.51. The largest absolute Gasteiger partial charge is 0.481 e. The highest BCUT2D eigenvalue weighted by atomic mass is 32.2. The maximum Gasteiger partial charge on any atom is 0.213 e. The molecule has 0 spiro atoms. The van der Waals surface area contributed by atoms with Crippen LogP contribution in [0.4, 0.5) is 0 Å². The number of aryl methyl sites for hydroxylation is 1. The third-order valence-corrected chi connectivity index (χ3v) is 4.39. The normalized spacial score (nSPS) is 12.8. The molecule has 100 valence electrons. The number of hydrogen-bond donors (Lipinski definition) is 0. The molecule has 0 atom stereocenters. The van der Waals surface area contributed by atoms with Crippen molar-refractivity contribution >= 4 is 11.8 Å². The van der Waals surface area contributed by atoms with Crippen molar-refractivity contribution in [1.82, 2.24) is 4.98 Å². The Hall–Kier alpha value is -1.99. The predicted molar refractivity (Wildman–Crippen MR) is 79.7 cm³/mol. The van der Waals surface area contributed by atoms with Gasteiger partial charge in [0.05, 0.1) is 7.11 Å². The van der Waals surface area contributed by atoms with Crippen molar-refractivity contribution in [2.75, 3.05) is 7.11 Å². The maximum absolute atomic E-state index is 9.10. The molecular weight excluding hydrogens is 268 g/mol. The third kappa shape index (κ3) is 2.25. The molecule has 1 aromatic heterocycles. The number of hydrogen-bond acceptors (Lipinski definition) is 4. The molecule has 3 rings (SSSR count). The van der Waals surface area contributed by atoms with Crippen LogP contribution in [-0.2, 0) is 12.8 Å². The standard InChI is InChI=1S/C16H14N2OS/c1-19-15-9-12(7-8-18-15)14-6-5-11-3-2-4-13(11)16(14)20-10-17/h5-9H,2-4H2,1H3. The quantitative estimate of drug-likeness (QED) is 0.634. The first-order valence-corrected chi connectivity index (χ1v) is 7.36. The summed E-state index contributed by atoms with van der Waals surface area (Å²) >= 11 is 1.26. The van der Waals surface area contributed by atoms with Crippen LogP contribution in [-0.4, -0.2) is 12.1 Å². The number of nitriles is 1. The molecule has 1 aromatic carbocycles. The van der Waals surface area contributed by atoms with Crippen LogP contribution < -0.4 is 4.74 Å². The fourth-order valence-corrected chi connectivity index (χ4v) is 3.45. The van der Waals surface area contributed by atoms with E-state index in [1.54, 1.807) is 13.3 Å². The van der Waals surface area contributed by atoms with Crippen LogP contribution in [0, 0.1) is 10.7 Å². The first-order valence-electron chi connectivity index (χ1n) is 6.54. The Morgan fingerprint density at radius 2 is 2.20 bits per heavy atom. The van der Waals surface area contributed by atoms with E-state index in [2.05, 4.69) is 22.5 Å². The minimum absolute atomic E-state index is 0.593. The van der Waals surface area contributed by atoms with E-state index in [9.17, 15) is 0 Å². The fourth-order valence-electron chi connectivity index (χ4n) is 2.71. The van der Waals surface area contributed by atoms with E-state index >= 15 is 0 Å². The van der Waals surface area contributed by atoms with Crippen LogP contribution in [0.2, 0.25) is 0 Å². The van der Waals surface area contributed by atoms with E-state index in [0.29, 0.717) is 5.88 Å². The molecule has 0 radical (unpaired) electrons. The van der Waals surface area contributed by atoms with Crippen LogP contribution in [0.5, 0.6) is 5.88 Å². The van der Waals surface area contributed by atoms with Crippen molar-refractivity contribution < 1.29 is 4.74 Å². The lowest BCUT2D eigenvalue weighted by Crippen LogP contribution is -1.92. The summed E-state index contributed by atoms with van der Waals surface area (Å²) < 4.78 is 5.19. The highest BCUT2D eigenvalue weighted by molar-refractivity contribution is 8.03. The number of methoxy groups -OCH3 is 1. The number of rotatable bonds is 3. The zero-order valence-electron chi connectivity index (χ0n) is 11.2. The molecule has 0 aliphatic heterocycles. The van der Waals surface area contributed by atoms with Gasteiger partial charge < -0.3 is 4.74 Å². The van der Waals surface area contributed by atoms with Gasteiger partial charge in [-0.05, 0) is 59.3 Å². The van der Waals surface area contributed by atoms with E-state index in [4.69, 9.17) is 10.00 Å². The Labute approximate surface area is 122 Å². The lowest BCUT2D eigenvalue weighted by molar-refractivity contribution is 0.398. The van der Waals surface area contributed by atoms with Crippen LogP contribution in [0.3, 0.4) is 0 Å². The Bertz CT molecular complexity index is 691. The molecule has 0 saturated heterocycles. The number of ether oxygens (including phenoxy) is 1. The van der Waals surface area contributed by atoms with Crippen LogP contribution >= 0.6 is 11.8 Å². The van der Waals surface area contributed by atoms with Gasteiger partial charge in [-0.1, -0.05) is 12.1 Å². The molecule has 20 heavy (non-hydrogen) atoms. The van der Waals surface area contributed by atoms with Gasteiger partial charge in [-0.25, -0.2) is 4.98 Å². The molecule has 0 unspecified atom stereocenters. The molecular formula is C16H14N2OS. The minimum Gasteiger partial charge on any atom is -0.481 e. The molecule has 1 heterocycles. The molecule has 0 bridgehead atoms. The Morgan fingerprint density at radius 3 is 3.00 bits per heavy atom. The first-order chi connectivity index (χ1) is 9.83. The smallest absolute Gasteiger partial charge is 0.213 e. The number of thiocyanates is 1. The van der Waals surface area contributed by atoms with Crippen LogP contribution in [0.25, 0.3) is 11.1 Å². The third-order valence-electron chi connectivity index (χ3n) is 3.63. The Morgan fingerprint density at radius 1 is 1.30 bits per heavy atom. The van der Waals surface area contributed by atoms with Crippen molar-refractivity contribution in [1.29, 1.82) is 5.26 Å². The summed E-state index contributed by atoms with van der Waals surface area (Å²) in [5, 5.41) is 11.3. The monoisotopic (exact) mass is 282 g/mol. The molecule has 1 aliphatic carbocycles. The summed E-state index contributed by atoms with van der Waals surface area (Å²) in [6.07, 6.45) is 5.10. The molecule has 3 nitrogen and oxygen atoms in total. The van der Waals surface area contributed by atoms with Gasteiger partial charge in [0.1, 0.15) is 5.40 Å². The van der Waals surface area contributed by atoms with Gasteiger partial charge >= 0.3 is 0 Å². The van der Waals surface area contributed by atoms with Crippen molar-refractivity contribution in [3.8, 4) is 22.4 Å². The van der Waals surface area contributed by atoms with Gasteiger partial charge in [0.25, 0.3) is 0 Å². The second-order valence-electron chi connectivity index (χ2n) is 4.71. The summed E-state index contributed by atoms with van der Waals surface area (Å²) in [7, 11) is 1.61. The number of fused-ring (bicyclic) bond motifs is 1. The van der Waals surface area contributed by atoms with E-state index in [1.807, 2.05) is 12.1 Å². The highest BCUT2D eigenvalue weighted by Gasteiger charge is 2.19. The predicted octanol–water partition coefficient (Wildman–Crippen LogP) is 3.82. The van der Waals surface area contributed by atoms with Gasteiger partial charge in [0, 0.05) is 17.2 Å². The molecule has 0 N–H and O–H groups in total. The molecule has 0 fully saturated rings. The van der Waals surface area contributed by atoms with Crippen LogP contribution in [0.15, 0.2) is 35.4 Å². The van der Waals surface area contributed by atoms with Gasteiger partial charge in [-0.3, -0.25) is 0 Å². The second kappa shape index (κ2) is 5.56. The Balaban J connectivity index is 2.15. The summed E-state index contributed by atoms with van der Waals surface area (Å²) in [5.74, 6) is 0.593. The summed E-state index contributed by atoms with van der Waals surface area (Å²) in [6.45, 7) is 0. The van der Waals surface area contributed by atoms with Crippen LogP contribution in [0.1, 0.15) is 17.5 Å². The lowest BCUT2D eigenvalue weighted by atomic mass is 10.0. The van der Waals surface area contributed by atoms with Crippen molar-refractivity contribution in [2.45, 2.75) is 24.2 Å². The molecule has 4 heteroatoms. The number of pyridine rings is 1. The number of benzene rings is 1. The number of nitrogens with zero attached hydrogens (tertiary/aromatic N) is 2. The van der Waals surface area contributed by atoms with Crippen molar-refractivity contribution in [3.05, 3.63) is 41.6 Å². The highest BCUT2D eigenvalue weighted by Crippen LogP contribution is 2.39. The summed E-state index contributed by atoms with van der Waals surface area (Å²) in [4.78, 5) is 5.23. The first kappa shape index (κ1) is 13.0. The molecule has 0 saturated carbocycles. The van der Waals surface area contributed by atoms with Gasteiger partial charge in [-0.2, -0.15) is 5.26 Å². The van der Waals surface area contributed by atoms with E-state index in [0.717, 1.165) is 28.9 Å². The van der Waals surface area contributed by atoms with Gasteiger partial charge in [0.15, 0.2) is 0 Å². The SMILES string of the molecule is COc1cc(-c2ccc3c(c2SC#N)CCC3)ccn1. The summed E-state index contributed by atoms with van der Waals surface area (Å²) in [5.41, 5.74) is 4.86. The topological polar surface area (TPSA) is 45.9 Å². The summed E-state index contributed by atoms with van der Waals surface area (Å²) in [6, 6.07) is 8.17.